The zero-order valence-electron chi connectivity index (χ0n) is 26.1. The van der Waals surface area contributed by atoms with E-state index in [4.69, 9.17) is 0 Å². The van der Waals surface area contributed by atoms with Gasteiger partial charge in [0, 0.05) is 21.9 Å². The van der Waals surface area contributed by atoms with Gasteiger partial charge in [-0.2, -0.15) is 10.5 Å². The van der Waals surface area contributed by atoms with Crippen LogP contribution in [0.3, 0.4) is 0 Å². The lowest BCUT2D eigenvalue weighted by molar-refractivity contribution is 1.18. The molecule has 8 rings (SSSR count). The highest BCUT2D eigenvalue weighted by atomic mass is 28.3. The molecule has 0 N–H and O–H groups in total. The fourth-order valence-corrected chi connectivity index (χ4v) is 12.1. The second-order valence-electron chi connectivity index (χ2n) is 11.9. The zero-order valence-corrected chi connectivity index (χ0v) is 27.1. The molecule has 0 fully saturated rings. The molecule has 0 saturated carbocycles. The summed E-state index contributed by atoms with van der Waals surface area (Å²) < 4.78 is 2.24. The molecule has 0 saturated heterocycles. The number of aromatic nitrogens is 1. The molecule has 0 aliphatic heterocycles. The Morgan fingerprint density at radius 1 is 0.417 bits per heavy atom. The van der Waals surface area contributed by atoms with E-state index in [0.29, 0.717) is 11.1 Å². The van der Waals surface area contributed by atoms with E-state index in [0.717, 1.165) is 38.6 Å². The minimum absolute atomic E-state index is 0.562. The minimum Gasteiger partial charge on any atom is -0.309 e. The number of fused-ring (bicyclic) bond motifs is 3. The molecule has 48 heavy (non-hydrogen) atoms. The Morgan fingerprint density at radius 3 is 1.42 bits per heavy atom. The summed E-state index contributed by atoms with van der Waals surface area (Å²) in [6, 6.07) is 66.2. The van der Waals surface area contributed by atoms with E-state index in [-0.39, 0.29) is 0 Å². The highest BCUT2D eigenvalue weighted by Crippen LogP contribution is 2.37. The molecule has 0 aliphatic carbocycles. The maximum atomic E-state index is 10.6. The highest BCUT2D eigenvalue weighted by Gasteiger charge is 2.41. The highest BCUT2D eigenvalue weighted by molar-refractivity contribution is 7.19. The lowest BCUT2D eigenvalue weighted by Gasteiger charge is -2.35. The summed E-state index contributed by atoms with van der Waals surface area (Å²) in [6.07, 6.45) is 0. The normalized spacial score (nSPS) is 11.3. The molecule has 0 atom stereocenters. The predicted octanol–water partition coefficient (Wildman–Crippen LogP) is 7.57. The largest absolute Gasteiger partial charge is 0.309 e. The Kier molecular flexibility index (Phi) is 7.27. The van der Waals surface area contributed by atoms with Gasteiger partial charge in [0.25, 0.3) is 0 Å². The standard InChI is InChI=1S/C44H29N3Si/c45-30-32-24-27-40(44(28-32)47-42-22-12-10-20-38(42)39-21-11-13-23-43(39)47)41-29-37(26-25-33(41)31-46)48(34-14-4-1-5-15-34,35-16-6-2-7-17-35)36-18-8-3-9-19-36/h1-29H. The summed E-state index contributed by atoms with van der Waals surface area (Å²) in [4.78, 5) is 0. The molecule has 224 valence electrons. The third kappa shape index (κ3) is 4.55. The van der Waals surface area contributed by atoms with Crippen LogP contribution in [0.1, 0.15) is 11.1 Å². The molecule has 4 heteroatoms. The first-order valence-corrected chi connectivity index (χ1v) is 18.0. The third-order valence-electron chi connectivity index (χ3n) is 9.43. The minimum atomic E-state index is -2.86. The number of benzene rings is 7. The summed E-state index contributed by atoms with van der Waals surface area (Å²) in [7, 11) is -2.86. The summed E-state index contributed by atoms with van der Waals surface area (Å²) in [5, 5.41) is 27.9. The van der Waals surface area contributed by atoms with Crippen LogP contribution in [0.25, 0.3) is 38.6 Å². The van der Waals surface area contributed by atoms with Gasteiger partial charge in [-0.3, -0.25) is 0 Å². The monoisotopic (exact) mass is 627 g/mol. The van der Waals surface area contributed by atoms with Crippen molar-refractivity contribution in [3.63, 3.8) is 0 Å². The van der Waals surface area contributed by atoms with Gasteiger partial charge < -0.3 is 4.57 Å². The topological polar surface area (TPSA) is 52.5 Å². The van der Waals surface area contributed by atoms with Crippen molar-refractivity contribution in [2.24, 2.45) is 0 Å². The van der Waals surface area contributed by atoms with Gasteiger partial charge >= 0.3 is 0 Å². The van der Waals surface area contributed by atoms with Gasteiger partial charge in [-0.15, -0.1) is 0 Å². The molecule has 1 aromatic heterocycles. The molecule has 0 radical (unpaired) electrons. The van der Waals surface area contributed by atoms with Crippen molar-refractivity contribution in [1.82, 2.24) is 4.57 Å². The number of hydrogen-bond acceptors (Lipinski definition) is 2. The lowest BCUT2D eigenvalue weighted by Crippen LogP contribution is -2.74. The number of nitrogens with zero attached hydrogens (tertiary/aromatic N) is 3. The second kappa shape index (κ2) is 12.0. The second-order valence-corrected chi connectivity index (χ2v) is 15.7. The Morgan fingerprint density at radius 2 is 0.917 bits per heavy atom. The Balaban J connectivity index is 1.48. The average Bonchev–Trinajstić information content (AvgIpc) is 3.50. The maximum Gasteiger partial charge on any atom is 0.179 e. The molecule has 3 nitrogen and oxygen atoms in total. The third-order valence-corrected chi connectivity index (χ3v) is 14.2. The number of hydrogen-bond donors (Lipinski definition) is 0. The molecule has 8 aromatic rings. The smallest absolute Gasteiger partial charge is 0.179 e. The van der Waals surface area contributed by atoms with E-state index in [1.165, 1.54) is 20.7 Å². The molecular weight excluding hydrogens is 599 g/mol. The summed E-state index contributed by atoms with van der Waals surface area (Å²) in [5.74, 6) is 0. The van der Waals surface area contributed by atoms with Gasteiger partial charge in [-0.05, 0) is 51.1 Å². The number of nitriles is 2. The number of para-hydroxylation sites is 2. The number of rotatable bonds is 6. The molecule has 0 spiro atoms. The van der Waals surface area contributed by atoms with Crippen molar-refractivity contribution in [3.8, 4) is 29.0 Å². The Labute approximate surface area is 280 Å². The van der Waals surface area contributed by atoms with Gasteiger partial charge in [-0.1, -0.05) is 146 Å². The van der Waals surface area contributed by atoms with Crippen LogP contribution in [0.15, 0.2) is 176 Å². The van der Waals surface area contributed by atoms with E-state index in [1.807, 2.05) is 36.4 Å². The first kappa shape index (κ1) is 29.0. The quantitative estimate of drug-likeness (QED) is 0.141. The van der Waals surface area contributed by atoms with Crippen molar-refractivity contribution in [2.45, 2.75) is 0 Å². The van der Waals surface area contributed by atoms with Crippen LogP contribution in [0.4, 0.5) is 0 Å². The lowest BCUT2D eigenvalue weighted by atomic mass is 9.97. The summed E-state index contributed by atoms with van der Waals surface area (Å²) in [5.41, 5.74) is 5.85. The first-order chi connectivity index (χ1) is 23.7. The fourth-order valence-electron chi connectivity index (χ4n) is 7.36. The molecule has 0 unspecified atom stereocenters. The summed E-state index contributed by atoms with van der Waals surface area (Å²) >= 11 is 0. The summed E-state index contributed by atoms with van der Waals surface area (Å²) in [6.45, 7) is 0. The zero-order chi connectivity index (χ0) is 32.5. The predicted molar refractivity (Wildman–Crippen MR) is 199 cm³/mol. The van der Waals surface area contributed by atoms with Crippen molar-refractivity contribution >= 4 is 50.6 Å². The molecule has 0 aliphatic rings. The molecule has 1 heterocycles. The van der Waals surface area contributed by atoms with Crippen molar-refractivity contribution < 1.29 is 0 Å². The van der Waals surface area contributed by atoms with Gasteiger partial charge in [0.15, 0.2) is 8.07 Å². The Hall–Kier alpha value is -6.46. The van der Waals surface area contributed by atoms with Crippen LogP contribution in [-0.2, 0) is 0 Å². The van der Waals surface area contributed by atoms with Gasteiger partial charge in [0.05, 0.1) is 40.0 Å². The van der Waals surface area contributed by atoms with Crippen molar-refractivity contribution in [3.05, 3.63) is 187 Å². The van der Waals surface area contributed by atoms with E-state index >= 15 is 0 Å². The maximum absolute atomic E-state index is 10.6. The van der Waals surface area contributed by atoms with Crippen molar-refractivity contribution in [1.29, 1.82) is 10.5 Å². The fraction of sp³-hybridized carbons (Fsp3) is 0. The van der Waals surface area contributed by atoms with Crippen LogP contribution < -0.4 is 20.7 Å². The van der Waals surface area contributed by atoms with Gasteiger partial charge in [-0.25, -0.2) is 0 Å². The van der Waals surface area contributed by atoms with Gasteiger partial charge in [0.1, 0.15) is 0 Å². The van der Waals surface area contributed by atoms with E-state index in [2.05, 4.69) is 156 Å². The van der Waals surface area contributed by atoms with Crippen LogP contribution in [0.2, 0.25) is 0 Å². The Bertz CT molecular complexity index is 2370. The van der Waals surface area contributed by atoms with Gasteiger partial charge in [0.2, 0.25) is 0 Å². The first-order valence-electron chi connectivity index (χ1n) is 16.0. The van der Waals surface area contributed by atoms with Crippen molar-refractivity contribution in [2.75, 3.05) is 0 Å². The average molecular weight is 628 g/mol. The van der Waals surface area contributed by atoms with E-state index in [1.54, 1.807) is 0 Å². The van der Waals surface area contributed by atoms with Crippen LogP contribution in [0, 0.1) is 22.7 Å². The van der Waals surface area contributed by atoms with E-state index in [9.17, 15) is 10.5 Å². The van der Waals surface area contributed by atoms with Crippen LogP contribution in [-0.4, -0.2) is 12.6 Å². The SMILES string of the molecule is N#Cc1ccc(-c2cc([Si](c3ccccc3)(c3ccccc3)c3ccccc3)ccc2C#N)c(-n2c3ccccc3c3ccccc32)c1. The molecule has 0 amide bonds. The van der Waals surface area contributed by atoms with E-state index < -0.39 is 8.07 Å². The van der Waals surface area contributed by atoms with Crippen LogP contribution in [0.5, 0.6) is 0 Å². The molecule has 0 bridgehead atoms. The molecular formula is C44H29N3Si. The molecule has 7 aromatic carbocycles. The van der Waals surface area contributed by atoms with Crippen LogP contribution >= 0.6 is 0 Å².